The number of ether oxygens (including phenoxy) is 1. The third-order valence-corrected chi connectivity index (χ3v) is 5.69. The number of hydrogen-bond donors (Lipinski definition) is 1. The monoisotopic (exact) mass is 343 g/mol. The maximum Gasteiger partial charge on any atom is 0.278 e. The van der Waals surface area contributed by atoms with Gasteiger partial charge in [-0.3, -0.25) is 4.79 Å². The minimum absolute atomic E-state index is 0.00499. The van der Waals surface area contributed by atoms with E-state index in [0.717, 1.165) is 11.4 Å². The topological polar surface area (TPSA) is 54.5 Å². The number of hydrogen-bond acceptors (Lipinski definition) is 5. The van der Waals surface area contributed by atoms with Crippen LogP contribution >= 0.6 is 11.3 Å². The predicted octanol–water partition coefficient (Wildman–Crippen LogP) is 3.07. The summed E-state index contributed by atoms with van der Waals surface area (Å²) >= 11 is 1.51. The molecule has 2 aromatic rings. The zero-order chi connectivity index (χ0) is 16.5. The Morgan fingerprint density at radius 3 is 2.62 bits per heavy atom. The predicted molar refractivity (Wildman–Crippen MR) is 93.8 cm³/mol. The van der Waals surface area contributed by atoms with Gasteiger partial charge in [0.15, 0.2) is 0 Å². The van der Waals surface area contributed by atoms with E-state index >= 15 is 0 Å². The molecule has 5 nitrogen and oxygen atoms in total. The lowest BCUT2D eigenvalue weighted by atomic mass is 9.84. The fraction of sp³-hybridized carbons (Fsp3) is 0.444. The molecular weight excluding hydrogens is 322 g/mol. The van der Waals surface area contributed by atoms with Crippen molar-refractivity contribution in [3.05, 3.63) is 40.9 Å². The molecule has 3 saturated heterocycles. The Labute approximate surface area is 145 Å². The van der Waals surface area contributed by atoms with Gasteiger partial charge in [0.25, 0.3) is 11.1 Å². The van der Waals surface area contributed by atoms with Gasteiger partial charge in [-0.25, -0.2) is 4.98 Å². The largest absolute Gasteiger partial charge is 0.431 e. The molecule has 0 saturated carbocycles. The van der Waals surface area contributed by atoms with Gasteiger partial charge in [0, 0.05) is 29.2 Å². The van der Waals surface area contributed by atoms with Crippen molar-refractivity contribution in [1.82, 2.24) is 15.2 Å². The van der Waals surface area contributed by atoms with Gasteiger partial charge in [0.05, 0.1) is 0 Å². The molecule has 5 rings (SSSR count). The van der Waals surface area contributed by atoms with Crippen molar-refractivity contribution in [3.63, 3.8) is 0 Å². The van der Waals surface area contributed by atoms with Crippen LogP contribution in [0.15, 0.2) is 30.5 Å². The molecule has 24 heavy (non-hydrogen) atoms. The first-order chi connectivity index (χ1) is 11.7. The molecule has 1 unspecified atom stereocenters. The zero-order valence-electron chi connectivity index (χ0n) is 13.7. The number of nitrogens with zero attached hydrogens (tertiary/aromatic N) is 2. The molecule has 1 amide bonds. The summed E-state index contributed by atoms with van der Waals surface area (Å²) in [6, 6.07) is 7.55. The highest BCUT2D eigenvalue weighted by atomic mass is 32.1. The molecule has 3 fully saturated rings. The first kappa shape index (κ1) is 15.6. The van der Waals surface area contributed by atoms with E-state index in [0.29, 0.717) is 22.4 Å². The summed E-state index contributed by atoms with van der Waals surface area (Å²) in [5.74, 6) is 1.34. The van der Waals surface area contributed by atoms with Crippen LogP contribution in [0.5, 0.6) is 10.9 Å². The fourth-order valence-corrected chi connectivity index (χ4v) is 4.16. The number of thiazole rings is 1. The van der Waals surface area contributed by atoms with Crippen molar-refractivity contribution in [2.75, 3.05) is 19.6 Å². The second-order valence-corrected chi connectivity index (χ2v) is 7.78. The molecule has 4 heterocycles. The van der Waals surface area contributed by atoms with E-state index in [1.54, 1.807) is 6.20 Å². The molecule has 6 heteroatoms. The second-order valence-electron chi connectivity index (χ2n) is 6.58. The molecule has 126 valence electrons. The van der Waals surface area contributed by atoms with Crippen molar-refractivity contribution in [1.29, 1.82) is 0 Å². The van der Waals surface area contributed by atoms with Crippen molar-refractivity contribution in [3.8, 4) is 10.9 Å². The highest BCUT2D eigenvalue weighted by molar-refractivity contribution is 7.13. The number of benzene rings is 1. The van der Waals surface area contributed by atoms with E-state index in [4.69, 9.17) is 4.74 Å². The molecule has 0 aliphatic carbocycles. The number of nitrogens with one attached hydrogen (secondary N) is 1. The number of rotatable bonds is 4. The molecule has 3 aliphatic heterocycles. The Morgan fingerprint density at radius 1 is 1.29 bits per heavy atom. The molecule has 1 atom stereocenters. The Kier molecular flexibility index (Phi) is 4.24. The number of carbonyl (C=O) groups excluding carboxylic acids is 1. The molecule has 0 spiro atoms. The van der Waals surface area contributed by atoms with Gasteiger partial charge in [-0.05, 0) is 63.0 Å². The van der Waals surface area contributed by atoms with E-state index in [-0.39, 0.29) is 11.9 Å². The van der Waals surface area contributed by atoms with E-state index < -0.39 is 0 Å². The smallest absolute Gasteiger partial charge is 0.278 e. The first-order valence-corrected chi connectivity index (χ1v) is 9.22. The van der Waals surface area contributed by atoms with Crippen LogP contribution in [0, 0.1) is 12.8 Å². The number of aryl methyl sites for hydroxylation is 1. The Balaban J connectivity index is 1.38. The standard InChI is InChI=1S/C18H21N3O2S/c1-12-10-19-18(24-12)23-15-4-2-14(3-5-15)17(22)20-16-11-21-8-6-13(16)7-9-21/h2-5,10,13,16H,6-9,11H2,1H3,(H,20,22). The average Bonchev–Trinajstić information content (AvgIpc) is 3.01. The summed E-state index contributed by atoms with van der Waals surface area (Å²) < 4.78 is 5.69. The lowest BCUT2D eigenvalue weighted by molar-refractivity contribution is 0.0620. The summed E-state index contributed by atoms with van der Waals surface area (Å²) in [6.45, 7) is 5.34. The van der Waals surface area contributed by atoms with E-state index in [1.807, 2.05) is 31.2 Å². The zero-order valence-corrected chi connectivity index (χ0v) is 14.5. The summed E-state index contributed by atoms with van der Waals surface area (Å²) in [5.41, 5.74) is 0.675. The van der Waals surface area contributed by atoms with Crippen LogP contribution in [0.25, 0.3) is 0 Å². The third kappa shape index (κ3) is 3.30. The normalized spacial score (nSPS) is 25.5. The van der Waals surface area contributed by atoms with Crippen molar-refractivity contribution in [2.45, 2.75) is 25.8 Å². The molecule has 0 radical (unpaired) electrons. The molecule has 1 aromatic carbocycles. The highest BCUT2D eigenvalue weighted by Crippen LogP contribution is 2.28. The Bertz CT molecular complexity index is 720. The van der Waals surface area contributed by atoms with Gasteiger partial charge < -0.3 is 15.0 Å². The highest BCUT2D eigenvalue weighted by Gasteiger charge is 2.34. The van der Waals surface area contributed by atoms with Gasteiger partial charge in [-0.1, -0.05) is 11.3 Å². The molecule has 1 aromatic heterocycles. The molecule has 2 bridgehead atoms. The summed E-state index contributed by atoms with van der Waals surface area (Å²) in [6.07, 6.45) is 4.19. The van der Waals surface area contributed by atoms with E-state index in [1.165, 1.54) is 37.3 Å². The number of carbonyl (C=O) groups is 1. The average molecular weight is 343 g/mol. The summed E-state index contributed by atoms with van der Waals surface area (Å²) in [4.78, 5) is 20.2. The first-order valence-electron chi connectivity index (χ1n) is 8.41. The van der Waals surface area contributed by atoms with E-state index in [9.17, 15) is 4.79 Å². The SMILES string of the molecule is Cc1cnc(Oc2ccc(C(=O)NC3CN4CCC3CC4)cc2)s1. The van der Waals surface area contributed by atoms with Gasteiger partial charge in [0.2, 0.25) is 0 Å². The van der Waals surface area contributed by atoms with Gasteiger partial charge in [0.1, 0.15) is 5.75 Å². The van der Waals surface area contributed by atoms with Crippen LogP contribution in [0.4, 0.5) is 0 Å². The second kappa shape index (κ2) is 6.53. The van der Waals surface area contributed by atoms with Crippen LogP contribution in [-0.4, -0.2) is 41.5 Å². The van der Waals surface area contributed by atoms with Gasteiger partial charge in [-0.2, -0.15) is 0 Å². The number of piperidine rings is 3. The van der Waals surface area contributed by atoms with Crippen LogP contribution in [0.3, 0.4) is 0 Å². The van der Waals surface area contributed by atoms with E-state index in [2.05, 4.69) is 15.2 Å². The van der Waals surface area contributed by atoms with Gasteiger partial charge >= 0.3 is 0 Å². The number of amides is 1. The minimum Gasteiger partial charge on any atom is -0.431 e. The molecule has 1 N–H and O–H groups in total. The lowest BCUT2D eigenvalue weighted by Crippen LogP contribution is -2.57. The maximum atomic E-state index is 12.5. The van der Waals surface area contributed by atoms with Crippen LogP contribution in [0.2, 0.25) is 0 Å². The van der Waals surface area contributed by atoms with Crippen LogP contribution < -0.4 is 10.1 Å². The van der Waals surface area contributed by atoms with Crippen LogP contribution in [-0.2, 0) is 0 Å². The fourth-order valence-electron chi connectivity index (χ4n) is 3.54. The molecule has 3 aliphatic rings. The summed E-state index contributed by atoms with van der Waals surface area (Å²) in [7, 11) is 0. The summed E-state index contributed by atoms with van der Waals surface area (Å²) in [5, 5.41) is 3.83. The lowest BCUT2D eigenvalue weighted by Gasteiger charge is -2.44. The number of fused-ring (bicyclic) bond motifs is 3. The Morgan fingerprint density at radius 2 is 2.04 bits per heavy atom. The molecular formula is C18H21N3O2S. The third-order valence-electron chi connectivity index (χ3n) is 4.89. The van der Waals surface area contributed by atoms with Crippen molar-refractivity contribution < 1.29 is 9.53 Å². The maximum absolute atomic E-state index is 12.5. The van der Waals surface area contributed by atoms with Crippen molar-refractivity contribution >= 4 is 17.2 Å². The Hall–Kier alpha value is -1.92. The number of aromatic nitrogens is 1. The van der Waals surface area contributed by atoms with Crippen molar-refractivity contribution in [2.24, 2.45) is 5.92 Å². The minimum atomic E-state index is 0.00499. The van der Waals surface area contributed by atoms with Crippen LogP contribution in [0.1, 0.15) is 28.1 Å². The van der Waals surface area contributed by atoms with Gasteiger partial charge in [-0.15, -0.1) is 0 Å². The quantitative estimate of drug-likeness (QED) is 0.927.